The Morgan fingerprint density at radius 1 is 0.522 bits per heavy atom. The van der Waals surface area contributed by atoms with Crippen LogP contribution in [0.5, 0.6) is 0 Å². The summed E-state index contributed by atoms with van der Waals surface area (Å²) in [5.41, 5.74) is 7.24. The molecule has 0 aliphatic carbocycles. The molecule has 23 nitrogen and oxygen atoms in total. The first kappa shape index (κ1) is 72.8. The molecule has 0 radical (unpaired) electrons. The summed E-state index contributed by atoms with van der Waals surface area (Å²) >= 11 is 0. The van der Waals surface area contributed by atoms with Crippen molar-refractivity contribution in [2.45, 2.75) is 118 Å². The van der Waals surface area contributed by atoms with Gasteiger partial charge in [0.1, 0.15) is 24.2 Å². The number of carbonyl (C=O) groups excluding carboxylic acids is 1. The molecule has 0 bridgehead atoms. The maximum Gasteiger partial charge on any atom is 0.238 e. The van der Waals surface area contributed by atoms with Crippen molar-refractivity contribution in [3.8, 4) is 34.0 Å². The monoisotopic (exact) mass is 1350 g/mol. The fourth-order valence-corrected chi connectivity index (χ4v) is 10.7. The van der Waals surface area contributed by atoms with E-state index in [2.05, 4.69) is 20.4 Å². The van der Waals surface area contributed by atoms with E-state index in [4.69, 9.17) is 30.0 Å². The number of ether oxygens (including phenoxy) is 2. The van der Waals surface area contributed by atoms with Gasteiger partial charge in [-0.05, 0) is 176 Å². The third-order valence-electron chi connectivity index (χ3n) is 13.8. The minimum absolute atomic E-state index is 0.0104. The van der Waals surface area contributed by atoms with Gasteiger partial charge in [0.25, 0.3) is 0 Å². The number of alkyl halides is 3. The van der Waals surface area contributed by atoms with Gasteiger partial charge in [0.2, 0.25) is 40.1 Å². The van der Waals surface area contributed by atoms with Crippen molar-refractivity contribution in [3.05, 3.63) is 198 Å². The smallest absolute Gasteiger partial charge is 0.238 e. The van der Waals surface area contributed by atoms with Gasteiger partial charge in [0.05, 0.1) is 82.5 Å². The molecule has 4 heterocycles. The van der Waals surface area contributed by atoms with Crippen molar-refractivity contribution in [3.63, 3.8) is 0 Å². The minimum Gasteiger partial charge on any atom is -0.381 e. The number of hydrogen-bond donors (Lipinski definition) is 4. The SMILES string of the molecule is C/C=C/c1cc(C(C)F)nn1-c1ccc(S(N)(=O)=O)cc1.CC(=O)c1cc(-c2ccccc2)n(-c2ccc(S(N)(=O)=O)cc2)n1.COC(C)(C)Cc1cc(C(C)F)nn1-c1ccc(S(N)(=O)=O)cc1.COC(C)Cc1cc(C(C)F)nn1-c1ccc(S(N)(=O)=O)cc1. The number of allylic oxidation sites excluding steroid dienone is 1. The summed E-state index contributed by atoms with van der Waals surface area (Å²) in [6.07, 6.45) is 1.03. The molecule has 92 heavy (non-hydrogen) atoms. The lowest BCUT2D eigenvalue weighted by molar-refractivity contribution is 0.0220. The van der Waals surface area contributed by atoms with E-state index in [-0.39, 0.29) is 31.5 Å². The van der Waals surface area contributed by atoms with Gasteiger partial charge >= 0.3 is 0 Å². The Morgan fingerprint density at radius 3 is 1.24 bits per heavy atom. The molecule has 5 aromatic carbocycles. The highest BCUT2D eigenvalue weighted by Crippen LogP contribution is 2.28. The number of nitrogens with two attached hydrogens (primary N) is 4. The Morgan fingerprint density at radius 2 is 0.880 bits per heavy atom. The number of halogens is 3. The fraction of sp³-hybridized carbons (Fsp3) is 0.274. The Kier molecular flexibility index (Phi) is 24.1. The van der Waals surface area contributed by atoms with E-state index in [0.29, 0.717) is 64.1 Å². The predicted octanol–water partition coefficient (Wildman–Crippen LogP) is 9.62. The number of hydrogen-bond acceptors (Lipinski definition) is 15. The van der Waals surface area contributed by atoms with Crippen LogP contribution in [0.2, 0.25) is 0 Å². The van der Waals surface area contributed by atoms with Gasteiger partial charge in [-0.15, -0.1) is 0 Å². The van der Waals surface area contributed by atoms with Crippen molar-refractivity contribution in [1.29, 1.82) is 0 Å². The van der Waals surface area contributed by atoms with Crippen LogP contribution in [0, 0.1) is 0 Å². The highest BCUT2D eigenvalue weighted by Gasteiger charge is 2.24. The molecule has 4 aromatic heterocycles. The van der Waals surface area contributed by atoms with E-state index in [1.165, 1.54) is 76.2 Å². The average Bonchev–Trinajstić information content (AvgIpc) is 1.67. The third kappa shape index (κ3) is 19.6. The van der Waals surface area contributed by atoms with Crippen LogP contribution >= 0.6 is 0 Å². The fourth-order valence-electron chi connectivity index (χ4n) is 8.65. The van der Waals surface area contributed by atoms with Crippen LogP contribution in [0.25, 0.3) is 40.1 Å². The van der Waals surface area contributed by atoms with Gasteiger partial charge in [-0.1, -0.05) is 36.4 Å². The molecule has 0 saturated heterocycles. The number of rotatable bonds is 20. The summed E-state index contributed by atoms with van der Waals surface area (Å²) in [6.45, 7) is 13.3. The number of aromatic nitrogens is 8. The Bertz CT molecular complexity index is 4480. The first-order valence-electron chi connectivity index (χ1n) is 28.0. The topological polar surface area (TPSA) is 347 Å². The molecule has 0 amide bonds. The van der Waals surface area contributed by atoms with E-state index in [9.17, 15) is 51.6 Å². The highest BCUT2D eigenvalue weighted by atomic mass is 32.2. The second-order valence-corrected chi connectivity index (χ2v) is 27.7. The molecular formula is C62H73F3N12O11S4. The van der Waals surface area contributed by atoms with Crippen molar-refractivity contribution >= 4 is 52.0 Å². The van der Waals surface area contributed by atoms with E-state index >= 15 is 0 Å². The molecule has 492 valence electrons. The van der Waals surface area contributed by atoms with Crippen LogP contribution in [0.3, 0.4) is 0 Å². The van der Waals surface area contributed by atoms with Crippen molar-refractivity contribution in [1.82, 2.24) is 39.1 Å². The van der Waals surface area contributed by atoms with Crippen LogP contribution in [-0.4, -0.2) is 105 Å². The third-order valence-corrected chi connectivity index (χ3v) is 17.5. The Hall–Kier alpha value is -8.30. The maximum atomic E-state index is 13.7. The van der Waals surface area contributed by atoms with Gasteiger partial charge in [-0.25, -0.2) is 86.1 Å². The highest BCUT2D eigenvalue weighted by molar-refractivity contribution is 7.90. The second-order valence-electron chi connectivity index (χ2n) is 21.5. The standard InChI is InChI=1S/C17H15N3O3S.C16H22FN3O3S.C15H20FN3O3S.C14H16FN3O2S/c1-12(21)16-11-17(13-5-3-2-4-6-13)20(19-16)14-7-9-15(10-8-14)24(18,22)23;1-11(17)15-9-13(10-16(2,3)23-4)20(19-15)12-5-7-14(8-6-12)24(18,21)22;1-10(22-3)8-13-9-15(11(2)16)18-19(13)12-4-6-14(7-5-12)23(17,20)21;1-3-4-12-9-14(10(2)15)17-18(12)11-5-7-13(8-6-11)21(16,19)20/h2-11H,1H3,(H2,18,22,23);5-9,11H,10H2,1-4H3,(H2,18,21,22);4-7,9-11H,8H2,1-3H3,(H2,17,20,21);3-10H,1-2H3,(H2,16,19,20)/b;;;4-3+. The predicted molar refractivity (Wildman–Crippen MR) is 343 cm³/mol. The molecule has 0 saturated carbocycles. The largest absolute Gasteiger partial charge is 0.381 e. The molecular weight excluding hydrogens is 1270 g/mol. The zero-order chi connectivity index (χ0) is 68.3. The van der Waals surface area contributed by atoms with E-state index in [1.54, 1.807) is 112 Å². The maximum absolute atomic E-state index is 13.7. The van der Waals surface area contributed by atoms with Crippen LogP contribution < -0.4 is 20.6 Å². The molecule has 30 heteroatoms. The molecule has 4 atom stereocenters. The van der Waals surface area contributed by atoms with Gasteiger partial charge in [-0.2, -0.15) is 20.4 Å². The second kappa shape index (κ2) is 30.4. The quantitative estimate of drug-likeness (QED) is 0.0516. The van der Waals surface area contributed by atoms with Crippen molar-refractivity contribution in [2.75, 3.05) is 14.2 Å². The number of nitrogens with zero attached hydrogens (tertiary/aromatic N) is 8. The van der Waals surface area contributed by atoms with Gasteiger partial charge in [0, 0.05) is 50.9 Å². The van der Waals surface area contributed by atoms with Crippen molar-refractivity contribution < 1.29 is 61.1 Å². The molecule has 0 aliphatic rings. The first-order chi connectivity index (χ1) is 42.9. The lowest BCUT2D eigenvalue weighted by Crippen LogP contribution is -2.26. The van der Waals surface area contributed by atoms with E-state index in [0.717, 1.165) is 22.6 Å². The Balaban J connectivity index is 0.000000195. The molecule has 0 fully saturated rings. The molecule has 0 spiro atoms. The minimum atomic E-state index is -3.76. The van der Waals surface area contributed by atoms with Gasteiger partial charge in [0.15, 0.2) is 5.78 Å². The van der Waals surface area contributed by atoms with Gasteiger partial charge < -0.3 is 9.47 Å². The lowest BCUT2D eigenvalue weighted by Gasteiger charge is -2.23. The van der Waals surface area contributed by atoms with Crippen LogP contribution in [0.1, 0.15) is 119 Å². The summed E-state index contributed by atoms with van der Waals surface area (Å²) in [5.74, 6) is -0.146. The molecule has 8 N–H and O–H groups in total. The summed E-state index contributed by atoms with van der Waals surface area (Å²) in [4.78, 5) is 11.7. The molecule has 9 aromatic rings. The van der Waals surface area contributed by atoms with E-state index in [1.807, 2.05) is 64.1 Å². The number of sulfonamides is 4. The van der Waals surface area contributed by atoms with Crippen molar-refractivity contribution in [2.24, 2.45) is 20.6 Å². The number of carbonyl (C=O) groups is 1. The number of Topliss-reactive ketones (excluding diaryl/α,β-unsaturated/α-hetero) is 1. The summed E-state index contributed by atoms with van der Waals surface area (Å²) in [5, 5.41) is 37.5. The normalized spacial score (nSPS) is 13.4. The summed E-state index contributed by atoms with van der Waals surface area (Å²) < 4.78 is 148. The summed E-state index contributed by atoms with van der Waals surface area (Å²) in [6, 6.07) is 40.2. The lowest BCUT2D eigenvalue weighted by atomic mass is 10.0. The molecule has 0 aliphatic heterocycles. The van der Waals surface area contributed by atoms with Crippen LogP contribution in [0.4, 0.5) is 13.2 Å². The Labute approximate surface area is 533 Å². The summed E-state index contributed by atoms with van der Waals surface area (Å²) in [7, 11) is -11.8. The number of benzene rings is 5. The zero-order valence-electron chi connectivity index (χ0n) is 52.0. The average molecular weight is 1350 g/mol. The van der Waals surface area contributed by atoms with Crippen LogP contribution in [0.15, 0.2) is 177 Å². The molecule has 9 rings (SSSR count). The number of methoxy groups -OCH3 is 2. The number of ketones is 1. The first-order valence-corrected chi connectivity index (χ1v) is 34.2. The number of primary sulfonamides is 4. The van der Waals surface area contributed by atoms with Gasteiger partial charge in [-0.3, -0.25) is 4.79 Å². The zero-order valence-corrected chi connectivity index (χ0v) is 55.2. The van der Waals surface area contributed by atoms with E-state index < -0.39 is 64.2 Å². The van der Waals surface area contributed by atoms with Crippen LogP contribution in [-0.2, 0) is 62.4 Å². The molecule has 4 unspecified atom stereocenters.